The molecule has 0 saturated heterocycles. The van der Waals surface area contributed by atoms with Gasteiger partial charge in [0.15, 0.2) is 15.6 Å². The van der Waals surface area contributed by atoms with Crippen LogP contribution in [-0.4, -0.2) is 33.0 Å². The van der Waals surface area contributed by atoms with Crippen LogP contribution in [0.5, 0.6) is 0 Å². The Hall–Kier alpha value is -1.69. The van der Waals surface area contributed by atoms with Crippen LogP contribution in [0.3, 0.4) is 0 Å². The highest BCUT2D eigenvalue weighted by molar-refractivity contribution is 7.92. The van der Waals surface area contributed by atoms with Gasteiger partial charge >= 0.3 is 5.97 Å². The van der Waals surface area contributed by atoms with Gasteiger partial charge in [-0.05, 0) is 23.6 Å². The molecule has 0 aromatic heterocycles. The van der Waals surface area contributed by atoms with Crippen molar-refractivity contribution in [2.75, 3.05) is 12.9 Å². The molecule has 5 nitrogen and oxygen atoms in total. The molecule has 0 saturated carbocycles. The summed E-state index contributed by atoms with van der Waals surface area (Å²) in [6, 6.07) is 6.41. The molecular formula is C14H18O5S. The molecule has 0 aliphatic carbocycles. The summed E-state index contributed by atoms with van der Waals surface area (Å²) in [5.74, 6) is -1.80. The number of ketones is 1. The molecule has 0 aliphatic heterocycles. The van der Waals surface area contributed by atoms with Crippen molar-refractivity contribution < 1.29 is 22.7 Å². The number of Topliss-reactive ketones (excluding diaryl/α,β-unsaturated/α-hetero) is 1. The topological polar surface area (TPSA) is 77.5 Å². The Morgan fingerprint density at radius 2 is 1.70 bits per heavy atom. The number of benzene rings is 1. The second-order valence-electron chi connectivity index (χ2n) is 4.77. The first-order valence-electron chi connectivity index (χ1n) is 6.17. The van der Waals surface area contributed by atoms with E-state index in [4.69, 9.17) is 0 Å². The standard InChI is InChI=1S/C14H18O5S/c1-10(2)11-4-6-13(7-5-11)20(17,18)9-12(15)8-14(16)19-3/h4-7,10H,8-9H2,1-3H3. The molecule has 1 aromatic rings. The molecule has 0 N–H and O–H groups in total. The Labute approximate surface area is 118 Å². The molecule has 0 radical (unpaired) electrons. The maximum atomic E-state index is 12.0. The van der Waals surface area contributed by atoms with E-state index in [1.54, 1.807) is 12.1 Å². The normalized spacial score (nSPS) is 11.4. The lowest BCUT2D eigenvalue weighted by Gasteiger charge is -2.07. The fraction of sp³-hybridized carbons (Fsp3) is 0.429. The van der Waals surface area contributed by atoms with E-state index in [9.17, 15) is 18.0 Å². The van der Waals surface area contributed by atoms with E-state index in [1.807, 2.05) is 13.8 Å². The lowest BCUT2D eigenvalue weighted by atomic mass is 10.0. The number of hydrogen-bond acceptors (Lipinski definition) is 5. The third kappa shape index (κ3) is 4.45. The predicted octanol–water partition coefficient (Wildman–Crippen LogP) is 1.72. The number of carbonyl (C=O) groups excluding carboxylic acids is 2. The van der Waals surface area contributed by atoms with Gasteiger partial charge in [-0.15, -0.1) is 0 Å². The van der Waals surface area contributed by atoms with Crippen LogP contribution in [0.15, 0.2) is 29.2 Å². The van der Waals surface area contributed by atoms with Crippen LogP contribution in [0.1, 0.15) is 31.7 Å². The van der Waals surface area contributed by atoms with E-state index in [2.05, 4.69) is 4.74 Å². The zero-order valence-electron chi connectivity index (χ0n) is 11.8. The van der Waals surface area contributed by atoms with Crippen LogP contribution in [0.2, 0.25) is 0 Å². The second-order valence-corrected chi connectivity index (χ2v) is 6.76. The summed E-state index contributed by atoms with van der Waals surface area (Å²) < 4.78 is 28.4. The van der Waals surface area contributed by atoms with E-state index in [0.29, 0.717) is 5.92 Å². The van der Waals surface area contributed by atoms with Crippen molar-refractivity contribution in [3.8, 4) is 0 Å². The van der Waals surface area contributed by atoms with Crippen molar-refractivity contribution in [1.82, 2.24) is 0 Å². The van der Waals surface area contributed by atoms with Gasteiger partial charge < -0.3 is 4.74 Å². The monoisotopic (exact) mass is 298 g/mol. The molecule has 1 rings (SSSR count). The molecule has 1 aromatic carbocycles. The number of esters is 1. The molecule has 20 heavy (non-hydrogen) atoms. The van der Waals surface area contributed by atoms with Gasteiger partial charge in [0.2, 0.25) is 0 Å². The minimum atomic E-state index is -3.71. The summed E-state index contributed by atoms with van der Waals surface area (Å²) in [5.41, 5.74) is 1.02. The van der Waals surface area contributed by atoms with Crippen molar-refractivity contribution in [1.29, 1.82) is 0 Å². The first kappa shape index (κ1) is 16.4. The van der Waals surface area contributed by atoms with E-state index in [1.165, 1.54) is 12.1 Å². The van der Waals surface area contributed by atoms with Gasteiger partial charge in [0.25, 0.3) is 0 Å². The van der Waals surface area contributed by atoms with Crippen molar-refractivity contribution in [2.24, 2.45) is 0 Å². The fourth-order valence-corrected chi connectivity index (χ4v) is 2.88. The molecule has 6 heteroatoms. The molecule has 0 amide bonds. The highest BCUT2D eigenvalue weighted by atomic mass is 32.2. The number of methoxy groups -OCH3 is 1. The Morgan fingerprint density at radius 1 is 1.15 bits per heavy atom. The molecular weight excluding hydrogens is 280 g/mol. The van der Waals surface area contributed by atoms with E-state index in [-0.39, 0.29) is 4.90 Å². The maximum Gasteiger partial charge on any atom is 0.313 e. The van der Waals surface area contributed by atoms with Crippen molar-refractivity contribution in [2.45, 2.75) is 31.1 Å². The van der Waals surface area contributed by atoms with Crippen molar-refractivity contribution >= 4 is 21.6 Å². The van der Waals surface area contributed by atoms with Gasteiger partial charge in [0.1, 0.15) is 12.2 Å². The smallest absolute Gasteiger partial charge is 0.313 e. The lowest BCUT2D eigenvalue weighted by Crippen LogP contribution is -2.19. The number of sulfone groups is 1. The lowest BCUT2D eigenvalue weighted by molar-refractivity contribution is -0.142. The summed E-state index contributed by atoms with van der Waals surface area (Å²) >= 11 is 0. The van der Waals surface area contributed by atoms with Gasteiger partial charge in [-0.2, -0.15) is 0 Å². The number of rotatable bonds is 6. The summed E-state index contributed by atoms with van der Waals surface area (Å²) in [4.78, 5) is 22.5. The highest BCUT2D eigenvalue weighted by Gasteiger charge is 2.21. The molecule has 0 aliphatic rings. The van der Waals surface area contributed by atoms with Gasteiger partial charge in [0.05, 0.1) is 12.0 Å². The quantitative estimate of drug-likeness (QED) is 0.590. The third-order valence-electron chi connectivity index (χ3n) is 2.83. The predicted molar refractivity (Wildman–Crippen MR) is 74.2 cm³/mol. The van der Waals surface area contributed by atoms with E-state index >= 15 is 0 Å². The Morgan fingerprint density at radius 3 is 2.15 bits per heavy atom. The number of ether oxygens (including phenoxy) is 1. The summed E-state index contributed by atoms with van der Waals surface area (Å²) in [6.07, 6.45) is -0.528. The average molecular weight is 298 g/mol. The van der Waals surface area contributed by atoms with Crippen LogP contribution in [0.25, 0.3) is 0 Å². The van der Waals surface area contributed by atoms with Crippen LogP contribution in [0.4, 0.5) is 0 Å². The molecule has 0 atom stereocenters. The van der Waals surface area contributed by atoms with Gasteiger partial charge in [-0.3, -0.25) is 9.59 Å². The molecule has 0 heterocycles. The fourth-order valence-electron chi connectivity index (χ4n) is 1.64. The maximum absolute atomic E-state index is 12.0. The molecule has 0 bridgehead atoms. The van der Waals surface area contributed by atoms with Crippen molar-refractivity contribution in [3.05, 3.63) is 29.8 Å². The zero-order chi connectivity index (χ0) is 15.3. The van der Waals surface area contributed by atoms with Gasteiger partial charge in [-0.1, -0.05) is 26.0 Å². The van der Waals surface area contributed by atoms with E-state index in [0.717, 1.165) is 12.7 Å². The highest BCUT2D eigenvalue weighted by Crippen LogP contribution is 2.18. The number of carbonyl (C=O) groups is 2. The summed E-state index contributed by atoms with van der Waals surface area (Å²) in [5, 5.41) is 0. The van der Waals surface area contributed by atoms with E-state index < -0.39 is 33.8 Å². The Bertz CT molecular complexity index is 584. The Balaban J connectivity index is 2.83. The van der Waals surface area contributed by atoms with Crippen LogP contribution >= 0.6 is 0 Å². The third-order valence-corrected chi connectivity index (χ3v) is 4.52. The number of hydrogen-bond donors (Lipinski definition) is 0. The molecule has 110 valence electrons. The van der Waals surface area contributed by atoms with Crippen LogP contribution in [-0.2, 0) is 24.2 Å². The first-order chi connectivity index (χ1) is 9.26. The average Bonchev–Trinajstić information content (AvgIpc) is 2.37. The Kier molecular flexibility index (Phi) is 5.44. The SMILES string of the molecule is COC(=O)CC(=O)CS(=O)(=O)c1ccc(C(C)C)cc1. The van der Waals surface area contributed by atoms with Crippen molar-refractivity contribution in [3.63, 3.8) is 0 Å². The molecule has 0 spiro atoms. The second kappa shape index (κ2) is 6.65. The largest absolute Gasteiger partial charge is 0.469 e. The van der Waals surface area contributed by atoms with Gasteiger partial charge in [-0.25, -0.2) is 8.42 Å². The summed E-state index contributed by atoms with van der Waals surface area (Å²) in [7, 11) is -2.57. The first-order valence-corrected chi connectivity index (χ1v) is 7.82. The molecule has 0 fully saturated rings. The minimum absolute atomic E-state index is 0.0834. The van der Waals surface area contributed by atoms with Crippen LogP contribution < -0.4 is 0 Å². The molecule has 0 unspecified atom stereocenters. The van der Waals surface area contributed by atoms with Gasteiger partial charge in [0, 0.05) is 0 Å². The zero-order valence-corrected chi connectivity index (χ0v) is 12.6. The summed E-state index contributed by atoms with van der Waals surface area (Å²) in [6.45, 7) is 4.01. The minimum Gasteiger partial charge on any atom is -0.469 e. The van der Waals surface area contributed by atoms with Crippen LogP contribution in [0, 0.1) is 0 Å².